The Morgan fingerprint density at radius 3 is 2.39 bits per heavy atom. The fourth-order valence-electron chi connectivity index (χ4n) is 3.23. The van der Waals surface area contributed by atoms with E-state index in [0.717, 1.165) is 26.4 Å². The Kier molecular flexibility index (Phi) is 5.53. The molecule has 1 aliphatic heterocycles. The number of rotatable bonds is 3. The molecule has 0 bridgehead atoms. The molecule has 0 spiro atoms. The Balaban J connectivity index is 1.62. The lowest BCUT2D eigenvalue weighted by Crippen LogP contribution is -2.48. The van der Waals surface area contributed by atoms with Gasteiger partial charge in [-0.15, -0.1) is 0 Å². The van der Waals surface area contributed by atoms with Gasteiger partial charge in [0.1, 0.15) is 5.82 Å². The first-order valence-electron chi connectivity index (χ1n) is 8.76. The van der Waals surface area contributed by atoms with Crippen LogP contribution in [0.2, 0.25) is 10.0 Å². The molecule has 1 N–H and O–H groups in total. The predicted molar refractivity (Wildman–Crippen MR) is 114 cm³/mol. The number of amides is 1. The van der Waals surface area contributed by atoms with Crippen molar-refractivity contribution in [3.8, 4) is 0 Å². The smallest absolute Gasteiger partial charge is 0.407 e. The first-order valence-corrected chi connectivity index (χ1v) is 10.3. The number of piperazine rings is 1. The average Bonchev–Trinajstić information content (AvgIpc) is 2.70. The Hall–Kier alpha value is -2.15. The third-order valence-corrected chi connectivity index (χ3v) is 6.41. The average molecular weight is 434 g/mol. The standard InChI is InChI=1S/C20H17Cl2N3O2S/c21-17-4-3-15(12-18(17)22)28-14-2-1-13-5-6-23-19(16(13)11-14)24-7-9-25(10-8-24)20(26)27/h1-6,11-12H,7-10H2,(H,26,27). The van der Waals surface area contributed by atoms with Crippen LogP contribution in [0.3, 0.4) is 0 Å². The van der Waals surface area contributed by atoms with Gasteiger partial charge in [-0.2, -0.15) is 0 Å². The molecule has 1 fully saturated rings. The highest BCUT2D eigenvalue weighted by Crippen LogP contribution is 2.35. The molecular weight excluding hydrogens is 417 g/mol. The summed E-state index contributed by atoms with van der Waals surface area (Å²) < 4.78 is 0. The molecule has 0 unspecified atom stereocenters. The lowest BCUT2D eigenvalue weighted by Gasteiger charge is -2.34. The van der Waals surface area contributed by atoms with E-state index in [1.54, 1.807) is 24.0 Å². The molecule has 2 aromatic carbocycles. The lowest BCUT2D eigenvalue weighted by atomic mass is 10.1. The minimum atomic E-state index is -0.870. The Labute approximate surface area is 176 Å². The van der Waals surface area contributed by atoms with Crippen molar-refractivity contribution in [2.45, 2.75) is 9.79 Å². The van der Waals surface area contributed by atoms with E-state index in [9.17, 15) is 4.79 Å². The highest BCUT2D eigenvalue weighted by atomic mass is 35.5. The minimum absolute atomic E-state index is 0.477. The molecule has 0 aliphatic carbocycles. The van der Waals surface area contributed by atoms with Crippen LogP contribution in [0.15, 0.2) is 58.5 Å². The third-order valence-electron chi connectivity index (χ3n) is 4.69. The monoisotopic (exact) mass is 433 g/mol. The number of carboxylic acid groups (broad SMARTS) is 1. The summed E-state index contributed by atoms with van der Waals surface area (Å²) in [6, 6.07) is 13.8. The van der Waals surface area contributed by atoms with Gasteiger partial charge in [-0.05, 0) is 41.8 Å². The number of benzene rings is 2. The Morgan fingerprint density at radius 1 is 0.964 bits per heavy atom. The summed E-state index contributed by atoms with van der Waals surface area (Å²) in [5, 5.41) is 12.4. The van der Waals surface area contributed by atoms with Crippen LogP contribution < -0.4 is 4.90 Å². The fourth-order valence-corrected chi connectivity index (χ4v) is 4.49. The maximum absolute atomic E-state index is 11.1. The Bertz CT molecular complexity index is 1040. The summed E-state index contributed by atoms with van der Waals surface area (Å²) in [6.45, 7) is 2.21. The highest BCUT2D eigenvalue weighted by molar-refractivity contribution is 7.99. The number of carbonyl (C=O) groups is 1. The molecule has 2 heterocycles. The van der Waals surface area contributed by atoms with E-state index in [-0.39, 0.29) is 0 Å². The van der Waals surface area contributed by atoms with Crippen LogP contribution in [0, 0.1) is 0 Å². The highest BCUT2D eigenvalue weighted by Gasteiger charge is 2.22. The van der Waals surface area contributed by atoms with Crippen molar-refractivity contribution in [2.24, 2.45) is 0 Å². The van der Waals surface area contributed by atoms with E-state index >= 15 is 0 Å². The summed E-state index contributed by atoms with van der Waals surface area (Å²) in [5.74, 6) is 0.888. The number of aromatic nitrogens is 1. The van der Waals surface area contributed by atoms with Crippen molar-refractivity contribution in [3.63, 3.8) is 0 Å². The number of anilines is 1. The first kappa shape index (κ1) is 19.2. The van der Waals surface area contributed by atoms with Crippen molar-refractivity contribution in [1.82, 2.24) is 9.88 Å². The van der Waals surface area contributed by atoms with Crippen LogP contribution in [0.1, 0.15) is 0 Å². The van der Waals surface area contributed by atoms with Crippen LogP contribution >= 0.6 is 35.0 Å². The van der Waals surface area contributed by atoms with Crippen molar-refractivity contribution in [1.29, 1.82) is 0 Å². The molecular formula is C20H17Cl2N3O2S. The molecule has 1 amide bonds. The molecule has 144 valence electrons. The van der Waals surface area contributed by atoms with Crippen LogP contribution in [0.5, 0.6) is 0 Å². The normalized spacial score (nSPS) is 14.5. The number of fused-ring (bicyclic) bond motifs is 1. The van der Waals surface area contributed by atoms with E-state index in [1.807, 2.05) is 18.2 Å². The summed E-state index contributed by atoms with van der Waals surface area (Å²) in [5.41, 5.74) is 0. The van der Waals surface area contributed by atoms with Crippen molar-refractivity contribution in [2.75, 3.05) is 31.1 Å². The van der Waals surface area contributed by atoms with Crippen LogP contribution in [0.25, 0.3) is 10.8 Å². The molecule has 1 saturated heterocycles. The van der Waals surface area contributed by atoms with Gasteiger partial charge in [0.15, 0.2) is 0 Å². The van der Waals surface area contributed by atoms with Crippen LogP contribution in [-0.4, -0.2) is 47.3 Å². The third kappa shape index (κ3) is 3.99. The van der Waals surface area contributed by atoms with Gasteiger partial charge in [0.25, 0.3) is 0 Å². The van der Waals surface area contributed by atoms with Crippen LogP contribution in [-0.2, 0) is 0 Å². The largest absolute Gasteiger partial charge is 0.465 e. The zero-order valence-corrected chi connectivity index (χ0v) is 17.1. The summed E-state index contributed by atoms with van der Waals surface area (Å²) in [4.78, 5) is 21.4. The SMILES string of the molecule is O=C(O)N1CCN(c2nccc3ccc(Sc4ccc(Cl)c(Cl)c4)cc23)CC1. The quantitative estimate of drug-likeness (QED) is 0.591. The lowest BCUT2D eigenvalue weighted by molar-refractivity contribution is 0.142. The molecule has 8 heteroatoms. The molecule has 1 aliphatic rings. The molecule has 0 saturated carbocycles. The predicted octanol–water partition coefficient (Wildman–Crippen LogP) is 5.49. The van der Waals surface area contributed by atoms with Gasteiger partial charge in [-0.25, -0.2) is 9.78 Å². The van der Waals surface area contributed by atoms with Crippen molar-refractivity contribution < 1.29 is 9.90 Å². The number of halogens is 2. The van der Waals surface area contributed by atoms with Gasteiger partial charge in [-0.1, -0.05) is 41.0 Å². The second kappa shape index (κ2) is 8.07. The molecule has 4 rings (SSSR count). The van der Waals surface area contributed by atoms with Gasteiger partial charge in [0.05, 0.1) is 10.0 Å². The summed E-state index contributed by atoms with van der Waals surface area (Å²) >= 11 is 13.7. The van der Waals surface area contributed by atoms with E-state index in [1.165, 1.54) is 4.90 Å². The topological polar surface area (TPSA) is 56.7 Å². The van der Waals surface area contributed by atoms with Gasteiger partial charge in [-0.3, -0.25) is 0 Å². The summed E-state index contributed by atoms with van der Waals surface area (Å²) in [7, 11) is 0. The number of pyridine rings is 1. The first-order chi connectivity index (χ1) is 13.5. The Morgan fingerprint density at radius 2 is 1.68 bits per heavy atom. The van der Waals surface area contributed by atoms with E-state index in [4.69, 9.17) is 28.3 Å². The van der Waals surface area contributed by atoms with Gasteiger partial charge in [0.2, 0.25) is 0 Å². The van der Waals surface area contributed by atoms with E-state index in [2.05, 4.69) is 28.1 Å². The van der Waals surface area contributed by atoms with Crippen molar-refractivity contribution in [3.05, 3.63) is 58.7 Å². The number of hydrogen-bond donors (Lipinski definition) is 1. The molecule has 0 radical (unpaired) electrons. The van der Waals surface area contributed by atoms with E-state index < -0.39 is 6.09 Å². The molecule has 5 nitrogen and oxygen atoms in total. The van der Waals surface area contributed by atoms with Gasteiger partial charge >= 0.3 is 6.09 Å². The maximum Gasteiger partial charge on any atom is 0.407 e. The second-order valence-corrected chi connectivity index (χ2v) is 8.41. The van der Waals surface area contributed by atoms with Crippen molar-refractivity contribution >= 4 is 57.6 Å². The molecule has 1 aromatic heterocycles. The van der Waals surface area contributed by atoms with Crippen LogP contribution in [0.4, 0.5) is 10.6 Å². The fraction of sp³-hybridized carbons (Fsp3) is 0.200. The number of hydrogen-bond acceptors (Lipinski definition) is 4. The zero-order chi connectivity index (χ0) is 19.7. The maximum atomic E-state index is 11.1. The van der Waals surface area contributed by atoms with Gasteiger partial charge < -0.3 is 14.9 Å². The summed E-state index contributed by atoms with van der Waals surface area (Å²) in [6.07, 6.45) is 0.929. The van der Waals surface area contributed by atoms with E-state index in [0.29, 0.717) is 36.2 Å². The number of nitrogens with zero attached hydrogens (tertiary/aromatic N) is 3. The molecule has 3 aromatic rings. The minimum Gasteiger partial charge on any atom is -0.465 e. The second-order valence-electron chi connectivity index (χ2n) is 6.45. The zero-order valence-electron chi connectivity index (χ0n) is 14.8. The molecule has 0 atom stereocenters. The molecule has 28 heavy (non-hydrogen) atoms. The van der Waals surface area contributed by atoms with Gasteiger partial charge in [0, 0.05) is 47.6 Å².